The summed E-state index contributed by atoms with van der Waals surface area (Å²) in [6.45, 7) is 6.70. The van der Waals surface area contributed by atoms with Crippen molar-refractivity contribution in [2.24, 2.45) is 5.92 Å². The first-order chi connectivity index (χ1) is 14.9. The van der Waals surface area contributed by atoms with Gasteiger partial charge in [-0.25, -0.2) is 0 Å². The Morgan fingerprint density at radius 3 is 2.61 bits per heavy atom. The van der Waals surface area contributed by atoms with Gasteiger partial charge in [0.1, 0.15) is 0 Å². The van der Waals surface area contributed by atoms with Gasteiger partial charge in [-0.3, -0.25) is 9.59 Å². The molecule has 2 heterocycles. The maximum atomic E-state index is 13.7. The van der Waals surface area contributed by atoms with E-state index in [9.17, 15) is 9.59 Å². The highest BCUT2D eigenvalue weighted by Crippen LogP contribution is 2.45. The summed E-state index contributed by atoms with van der Waals surface area (Å²) in [6, 6.07) is 16.6. The fourth-order valence-electron chi connectivity index (χ4n) is 4.18. The Kier molecular flexibility index (Phi) is 6.17. The molecule has 2 amide bonds. The van der Waals surface area contributed by atoms with Crippen LogP contribution in [-0.4, -0.2) is 23.3 Å². The number of amides is 2. The van der Waals surface area contributed by atoms with Gasteiger partial charge in [-0.15, -0.1) is 11.3 Å². The number of aryl methyl sites for hydroxylation is 1. The molecule has 31 heavy (non-hydrogen) atoms. The number of halogens is 1. The smallest absolute Gasteiger partial charge is 0.254 e. The summed E-state index contributed by atoms with van der Waals surface area (Å²) < 4.78 is 0. The molecule has 0 bridgehead atoms. The van der Waals surface area contributed by atoms with E-state index < -0.39 is 5.92 Å². The molecule has 6 heteroatoms. The van der Waals surface area contributed by atoms with Crippen LogP contribution in [0.2, 0.25) is 5.02 Å². The monoisotopic (exact) mass is 452 g/mol. The number of carbonyl (C=O) groups excluding carboxylic acids is 2. The summed E-state index contributed by atoms with van der Waals surface area (Å²) in [5.74, 6) is -0.464. The Morgan fingerprint density at radius 2 is 1.94 bits per heavy atom. The van der Waals surface area contributed by atoms with Crippen molar-refractivity contribution in [3.05, 3.63) is 86.6 Å². The summed E-state index contributed by atoms with van der Waals surface area (Å²) >= 11 is 7.96. The molecule has 1 aromatic heterocycles. The number of rotatable bonds is 5. The summed E-state index contributed by atoms with van der Waals surface area (Å²) in [4.78, 5) is 30.0. The second-order valence-corrected chi connectivity index (χ2v) is 9.74. The SMILES string of the molecule is Cc1ccc(NC(=O)[C@H]2c3ccccc3C(=O)N(CC(C)C)[C@@H]2c2cccs2)c(Cl)c1. The molecule has 4 rings (SSSR count). The zero-order valence-electron chi connectivity index (χ0n) is 17.8. The molecule has 1 aliphatic rings. The minimum Gasteiger partial charge on any atom is -0.329 e. The summed E-state index contributed by atoms with van der Waals surface area (Å²) in [7, 11) is 0. The summed E-state index contributed by atoms with van der Waals surface area (Å²) in [6.07, 6.45) is 0. The molecule has 160 valence electrons. The van der Waals surface area contributed by atoms with E-state index in [0.717, 1.165) is 16.0 Å². The molecule has 0 fully saturated rings. The second kappa shape index (κ2) is 8.85. The van der Waals surface area contributed by atoms with E-state index in [1.807, 2.05) is 71.8 Å². The van der Waals surface area contributed by atoms with Gasteiger partial charge in [0.25, 0.3) is 5.91 Å². The van der Waals surface area contributed by atoms with Crippen LogP contribution in [0, 0.1) is 12.8 Å². The van der Waals surface area contributed by atoms with Crippen molar-refractivity contribution < 1.29 is 9.59 Å². The van der Waals surface area contributed by atoms with Crippen molar-refractivity contribution >= 4 is 40.4 Å². The number of carbonyl (C=O) groups is 2. The Bertz CT molecular complexity index is 1110. The molecule has 1 N–H and O–H groups in total. The van der Waals surface area contributed by atoms with Gasteiger partial charge in [-0.05, 0) is 53.6 Å². The van der Waals surface area contributed by atoms with Crippen LogP contribution < -0.4 is 5.32 Å². The van der Waals surface area contributed by atoms with Gasteiger partial charge < -0.3 is 10.2 Å². The highest BCUT2D eigenvalue weighted by molar-refractivity contribution is 7.10. The number of benzene rings is 2. The highest BCUT2D eigenvalue weighted by Gasteiger charge is 2.44. The van der Waals surface area contributed by atoms with Gasteiger partial charge in [-0.2, -0.15) is 0 Å². The van der Waals surface area contributed by atoms with Crippen molar-refractivity contribution in [2.75, 3.05) is 11.9 Å². The van der Waals surface area contributed by atoms with Gasteiger partial charge >= 0.3 is 0 Å². The minimum absolute atomic E-state index is 0.0277. The van der Waals surface area contributed by atoms with Crippen LogP contribution >= 0.6 is 22.9 Å². The number of nitrogens with one attached hydrogen (secondary N) is 1. The summed E-state index contributed by atoms with van der Waals surface area (Å²) in [5.41, 5.74) is 2.95. The third-order valence-electron chi connectivity index (χ3n) is 5.50. The topological polar surface area (TPSA) is 49.4 Å². The lowest BCUT2D eigenvalue weighted by Crippen LogP contribution is -2.47. The molecule has 0 spiro atoms. The van der Waals surface area contributed by atoms with Gasteiger partial charge in [0, 0.05) is 17.0 Å². The normalized spacial score (nSPS) is 18.2. The molecule has 2 atom stereocenters. The molecule has 0 unspecified atom stereocenters. The van der Waals surface area contributed by atoms with Crippen molar-refractivity contribution in [1.29, 1.82) is 0 Å². The highest BCUT2D eigenvalue weighted by atomic mass is 35.5. The summed E-state index contributed by atoms with van der Waals surface area (Å²) in [5, 5.41) is 5.51. The van der Waals surface area contributed by atoms with E-state index in [0.29, 0.717) is 22.8 Å². The maximum absolute atomic E-state index is 13.7. The van der Waals surface area contributed by atoms with E-state index in [-0.39, 0.29) is 23.8 Å². The van der Waals surface area contributed by atoms with E-state index in [2.05, 4.69) is 19.2 Å². The fraction of sp³-hybridized carbons (Fsp3) is 0.280. The van der Waals surface area contributed by atoms with Crippen molar-refractivity contribution in [2.45, 2.75) is 32.7 Å². The molecule has 0 radical (unpaired) electrons. The predicted octanol–water partition coefficient (Wildman–Crippen LogP) is 6.29. The second-order valence-electron chi connectivity index (χ2n) is 8.35. The van der Waals surface area contributed by atoms with Crippen LogP contribution in [0.3, 0.4) is 0 Å². The average molecular weight is 453 g/mol. The first-order valence-corrected chi connectivity index (χ1v) is 11.6. The predicted molar refractivity (Wildman–Crippen MR) is 127 cm³/mol. The number of fused-ring (bicyclic) bond motifs is 1. The molecule has 0 aliphatic carbocycles. The Balaban J connectivity index is 1.82. The van der Waals surface area contributed by atoms with Crippen molar-refractivity contribution in [3.63, 3.8) is 0 Å². The van der Waals surface area contributed by atoms with Crippen molar-refractivity contribution in [1.82, 2.24) is 4.90 Å². The molecule has 3 aromatic rings. The van der Waals surface area contributed by atoms with Crippen LogP contribution in [-0.2, 0) is 4.79 Å². The molecule has 1 aliphatic heterocycles. The number of nitrogens with zero attached hydrogens (tertiary/aromatic N) is 1. The number of anilines is 1. The van der Waals surface area contributed by atoms with Crippen LogP contribution in [0.5, 0.6) is 0 Å². The van der Waals surface area contributed by atoms with Crippen LogP contribution in [0.1, 0.15) is 52.2 Å². The lowest BCUT2D eigenvalue weighted by atomic mass is 9.81. The van der Waals surface area contributed by atoms with Crippen LogP contribution in [0.25, 0.3) is 0 Å². The molecule has 0 saturated carbocycles. The van der Waals surface area contributed by atoms with E-state index in [4.69, 9.17) is 11.6 Å². The van der Waals surface area contributed by atoms with E-state index >= 15 is 0 Å². The molecule has 0 saturated heterocycles. The van der Waals surface area contributed by atoms with Gasteiger partial charge in [0.2, 0.25) is 5.91 Å². The largest absolute Gasteiger partial charge is 0.329 e. The van der Waals surface area contributed by atoms with Crippen LogP contribution in [0.4, 0.5) is 5.69 Å². The molecular weight excluding hydrogens is 428 g/mol. The Labute approximate surface area is 191 Å². The zero-order valence-corrected chi connectivity index (χ0v) is 19.3. The quantitative estimate of drug-likeness (QED) is 0.494. The minimum atomic E-state index is -0.538. The van der Waals surface area contributed by atoms with Crippen LogP contribution in [0.15, 0.2) is 60.0 Å². The zero-order chi connectivity index (χ0) is 22.1. The number of hydrogen-bond acceptors (Lipinski definition) is 3. The first kappa shape index (κ1) is 21.6. The third-order valence-corrected chi connectivity index (χ3v) is 6.76. The Morgan fingerprint density at radius 1 is 1.16 bits per heavy atom. The third kappa shape index (κ3) is 4.25. The fourth-order valence-corrected chi connectivity index (χ4v) is 5.33. The number of hydrogen-bond donors (Lipinski definition) is 1. The Hall–Kier alpha value is -2.63. The van der Waals surface area contributed by atoms with Crippen molar-refractivity contribution in [3.8, 4) is 0 Å². The average Bonchev–Trinajstić information content (AvgIpc) is 3.26. The van der Waals surface area contributed by atoms with Gasteiger partial charge in [0.15, 0.2) is 0 Å². The number of thiophene rings is 1. The lowest BCUT2D eigenvalue weighted by Gasteiger charge is -2.42. The molecule has 4 nitrogen and oxygen atoms in total. The molecular formula is C25H25ClN2O2S. The molecule has 2 aromatic carbocycles. The van der Waals surface area contributed by atoms with E-state index in [1.165, 1.54) is 0 Å². The standard InChI is InChI=1S/C25H25ClN2O2S/c1-15(2)14-28-23(21-9-6-12-31-21)22(17-7-4-5-8-18(17)25(28)30)24(29)27-20-11-10-16(3)13-19(20)26/h4-13,15,22-23H,14H2,1-3H3,(H,27,29)/t22-,23+/m0/s1. The first-order valence-electron chi connectivity index (χ1n) is 10.4. The van der Waals surface area contributed by atoms with Gasteiger partial charge in [0.05, 0.1) is 22.7 Å². The van der Waals surface area contributed by atoms with E-state index in [1.54, 1.807) is 11.3 Å². The maximum Gasteiger partial charge on any atom is 0.254 e. The lowest BCUT2D eigenvalue weighted by molar-refractivity contribution is -0.119. The van der Waals surface area contributed by atoms with Gasteiger partial charge in [-0.1, -0.05) is 55.8 Å².